The van der Waals surface area contributed by atoms with E-state index in [4.69, 9.17) is 5.73 Å². The van der Waals surface area contributed by atoms with Gasteiger partial charge in [-0.2, -0.15) is 5.10 Å². The zero-order chi connectivity index (χ0) is 12.4. The van der Waals surface area contributed by atoms with Crippen LogP contribution in [-0.4, -0.2) is 33.8 Å². The summed E-state index contributed by atoms with van der Waals surface area (Å²) in [5.41, 5.74) is 6.46. The third kappa shape index (κ3) is 2.53. The fraction of sp³-hybridized carbons (Fsp3) is 0.786. The van der Waals surface area contributed by atoms with Crippen molar-refractivity contribution in [1.82, 2.24) is 14.7 Å². The lowest BCUT2D eigenvalue weighted by Crippen LogP contribution is -2.47. The summed E-state index contributed by atoms with van der Waals surface area (Å²) in [5, 5.41) is 4.27. The third-order valence-corrected chi connectivity index (χ3v) is 4.63. The molecule has 0 aromatic carbocycles. The van der Waals surface area contributed by atoms with Crippen LogP contribution in [0.2, 0.25) is 0 Å². The van der Waals surface area contributed by atoms with E-state index in [1.807, 2.05) is 10.9 Å². The van der Waals surface area contributed by atoms with Crippen molar-refractivity contribution in [3.63, 3.8) is 0 Å². The predicted octanol–water partition coefficient (Wildman–Crippen LogP) is 2.12. The Morgan fingerprint density at radius 2 is 2.00 bits per heavy atom. The average Bonchev–Trinajstić information content (AvgIpc) is 2.82. The van der Waals surface area contributed by atoms with Crippen LogP contribution in [0.4, 0.5) is 5.69 Å². The highest BCUT2D eigenvalue weighted by atomic mass is 15.3. The van der Waals surface area contributed by atoms with Gasteiger partial charge in [0.2, 0.25) is 0 Å². The van der Waals surface area contributed by atoms with Crippen LogP contribution in [0.5, 0.6) is 0 Å². The van der Waals surface area contributed by atoms with Crippen LogP contribution in [0.3, 0.4) is 0 Å². The summed E-state index contributed by atoms with van der Waals surface area (Å²) in [6, 6.07) is 0.848. The van der Waals surface area contributed by atoms with Crippen molar-refractivity contribution in [2.45, 2.75) is 51.1 Å². The first-order valence-corrected chi connectivity index (χ1v) is 7.35. The van der Waals surface area contributed by atoms with Crippen molar-refractivity contribution >= 4 is 5.69 Å². The fourth-order valence-electron chi connectivity index (χ4n) is 3.74. The first-order valence-electron chi connectivity index (χ1n) is 7.35. The lowest BCUT2D eigenvalue weighted by molar-refractivity contribution is 0.0574. The zero-order valence-corrected chi connectivity index (χ0v) is 11.1. The highest BCUT2D eigenvalue weighted by Crippen LogP contribution is 2.34. The molecule has 3 rings (SSSR count). The van der Waals surface area contributed by atoms with Gasteiger partial charge in [0, 0.05) is 18.8 Å². The second-order valence-corrected chi connectivity index (χ2v) is 5.83. The van der Waals surface area contributed by atoms with E-state index in [1.54, 1.807) is 6.20 Å². The number of anilines is 1. The van der Waals surface area contributed by atoms with Crippen LogP contribution in [0, 0.1) is 5.92 Å². The third-order valence-electron chi connectivity index (χ3n) is 4.63. The molecule has 4 nitrogen and oxygen atoms in total. The molecule has 1 aliphatic heterocycles. The van der Waals surface area contributed by atoms with E-state index in [1.165, 1.54) is 45.1 Å². The SMILES string of the molecule is Nc1cnn(CCN2CCC[C@H]3CCCC[C@H]32)c1. The van der Waals surface area contributed by atoms with Crippen LogP contribution in [0.15, 0.2) is 12.4 Å². The molecule has 4 heteroatoms. The first kappa shape index (κ1) is 12.0. The number of aromatic nitrogens is 2. The quantitative estimate of drug-likeness (QED) is 0.891. The minimum absolute atomic E-state index is 0.768. The normalized spacial score (nSPS) is 29.1. The lowest BCUT2D eigenvalue weighted by atomic mass is 9.78. The summed E-state index contributed by atoms with van der Waals surface area (Å²) in [5.74, 6) is 0.968. The number of nitrogens with two attached hydrogens (primary N) is 1. The van der Waals surface area contributed by atoms with E-state index < -0.39 is 0 Å². The van der Waals surface area contributed by atoms with Crippen LogP contribution in [-0.2, 0) is 6.54 Å². The number of rotatable bonds is 3. The van der Waals surface area contributed by atoms with Crippen LogP contribution in [0.25, 0.3) is 0 Å². The topological polar surface area (TPSA) is 47.1 Å². The summed E-state index contributed by atoms with van der Waals surface area (Å²) < 4.78 is 1.97. The Balaban J connectivity index is 1.57. The van der Waals surface area contributed by atoms with Gasteiger partial charge in [0.15, 0.2) is 0 Å². The summed E-state index contributed by atoms with van der Waals surface area (Å²) in [6.07, 6.45) is 12.2. The fourth-order valence-corrected chi connectivity index (χ4v) is 3.74. The Kier molecular flexibility index (Phi) is 3.55. The highest BCUT2D eigenvalue weighted by molar-refractivity contribution is 5.30. The van der Waals surface area contributed by atoms with E-state index in [0.717, 1.165) is 30.7 Å². The van der Waals surface area contributed by atoms with Gasteiger partial charge in [-0.25, -0.2) is 0 Å². The maximum atomic E-state index is 5.70. The maximum Gasteiger partial charge on any atom is 0.0719 e. The summed E-state index contributed by atoms with van der Waals surface area (Å²) in [7, 11) is 0. The lowest BCUT2D eigenvalue weighted by Gasteiger charge is -2.44. The summed E-state index contributed by atoms with van der Waals surface area (Å²) in [4.78, 5) is 2.70. The molecule has 1 aromatic heterocycles. The van der Waals surface area contributed by atoms with Crippen molar-refractivity contribution in [3.8, 4) is 0 Å². The largest absolute Gasteiger partial charge is 0.396 e. The second kappa shape index (κ2) is 5.31. The van der Waals surface area contributed by atoms with Crippen molar-refractivity contribution in [1.29, 1.82) is 0 Å². The standard InChI is InChI=1S/C14H24N4/c15-13-10-16-18(11-13)9-8-17-7-3-5-12-4-1-2-6-14(12)17/h10-12,14H,1-9,15H2/t12-,14-/m1/s1. The van der Waals surface area contributed by atoms with Crippen LogP contribution in [0.1, 0.15) is 38.5 Å². The smallest absolute Gasteiger partial charge is 0.0719 e. The van der Waals surface area contributed by atoms with E-state index in [2.05, 4.69) is 10.00 Å². The number of fused-ring (bicyclic) bond motifs is 1. The van der Waals surface area contributed by atoms with Crippen LogP contribution < -0.4 is 5.73 Å². The molecule has 100 valence electrons. The minimum Gasteiger partial charge on any atom is -0.396 e. The zero-order valence-electron chi connectivity index (χ0n) is 11.1. The Morgan fingerprint density at radius 1 is 1.17 bits per heavy atom. The summed E-state index contributed by atoms with van der Waals surface area (Å²) >= 11 is 0. The highest BCUT2D eigenvalue weighted by Gasteiger charge is 2.32. The molecule has 2 heterocycles. The molecule has 2 fully saturated rings. The molecule has 0 radical (unpaired) electrons. The molecule has 2 aliphatic rings. The van der Waals surface area contributed by atoms with Crippen molar-refractivity contribution in [3.05, 3.63) is 12.4 Å². The molecule has 2 atom stereocenters. The van der Waals surface area contributed by atoms with E-state index in [-0.39, 0.29) is 0 Å². The molecule has 0 spiro atoms. The number of nitrogen functional groups attached to an aromatic ring is 1. The Morgan fingerprint density at radius 3 is 2.83 bits per heavy atom. The van der Waals surface area contributed by atoms with Gasteiger partial charge in [-0.15, -0.1) is 0 Å². The molecule has 2 N–H and O–H groups in total. The molecular formula is C14H24N4. The van der Waals surface area contributed by atoms with Crippen LogP contribution >= 0.6 is 0 Å². The van der Waals surface area contributed by atoms with Gasteiger partial charge in [0.25, 0.3) is 0 Å². The molecule has 1 aliphatic carbocycles. The number of nitrogens with zero attached hydrogens (tertiary/aromatic N) is 3. The molecule has 1 saturated heterocycles. The Hall–Kier alpha value is -1.03. The average molecular weight is 248 g/mol. The predicted molar refractivity (Wildman–Crippen MR) is 73.2 cm³/mol. The number of piperidine rings is 1. The van der Waals surface area contributed by atoms with Gasteiger partial charge in [-0.05, 0) is 38.1 Å². The number of hydrogen-bond donors (Lipinski definition) is 1. The minimum atomic E-state index is 0.768. The van der Waals surface area contributed by atoms with Gasteiger partial charge in [0.1, 0.15) is 0 Å². The summed E-state index contributed by atoms with van der Waals surface area (Å²) in [6.45, 7) is 3.38. The van der Waals surface area contributed by atoms with Crippen molar-refractivity contribution in [2.75, 3.05) is 18.8 Å². The van der Waals surface area contributed by atoms with Gasteiger partial charge < -0.3 is 5.73 Å². The molecule has 0 amide bonds. The Labute approximate surface area is 109 Å². The van der Waals surface area contributed by atoms with E-state index >= 15 is 0 Å². The van der Waals surface area contributed by atoms with E-state index in [0.29, 0.717) is 0 Å². The maximum absolute atomic E-state index is 5.70. The second-order valence-electron chi connectivity index (χ2n) is 5.83. The molecule has 1 saturated carbocycles. The van der Waals surface area contributed by atoms with E-state index in [9.17, 15) is 0 Å². The first-order chi connectivity index (χ1) is 8.83. The molecule has 1 aromatic rings. The monoisotopic (exact) mass is 248 g/mol. The van der Waals surface area contributed by atoms with Gasteiger partial charge >= 0.3 is 0 Å². The Bertz CT molecular complexity index is 385. The molecule has 18 heavy (non-hydrogen) atoms. The van der Waals surface area contributed by atoms with Gasteiger partial charge in [-0.1, -0.05) is 12.8 Å². The number of likely N-dealkylation sites (tertiary alicyclic amines) is 1. The van der Waals surface area contributed by atoms with Crippen molar-refractivity contribution < 1.29 is 0 Å². The van der Waals surface area contributed by atoms with Gasteiger partial charge in [-0.3, -0.25) is 9.58 Å². The number of hydrogen-bond acceptors (Lipinski definition) is 3. The molecule has 0 bridgehead atoms. The molecular weight excluding hydrogens is 224 g/mol. The van der Waals surface area contributed by atoms with Crippen molar-refractivity contribution in [2.24, 2.45) is 5.92 Å². The molecule has 0 unspecified atom stereocenters. The van der Waals surface area contributed by atoms with Gasteiger partial charge in [0.05, 0.1) is 18.4 Å².